The third kappa shape index (κ3) is 3.72. The minimum absolute atomic E-state index is 0.164. The van der Waals surface area contributed by atoms with Gasteiger partial charge in [-0.15, -0.1) is 0 Å². The molecule has 0 saturated heterocycles. The van der Waals surface area contributed by atoms with E-state index in [1.165, 1.54) is 0 Å². The van der Waals surface area contributed by atoms with Crippen molar-refractivity contribution >= 4 is 21.8 Å². The smallest absolute Gasteiger partial charge is 0.232 e. The summed E-state index contributed by atoms with van der Waals surface area (Å²) >= 11 is 2.84. The van der Waals surface area contributed by atoms with Crippen LogP contribution in [-0.4, -0.2) is 18.0 Å². The summed E-state index contributed by atoms with van der Waals surface area (Å²) in [4.78, 5) is 10.0. The molecule has 0 radical (unpaired) electrons. The van der Waals surface area contributed by atoms with Crippen LogP contribution in [0.15, 0.2) is 0 Å². The Balaban J connectivity index is 3.00. The normalized spacial score (nSPS) is 8.29. The van der Waals surface area contributed by atoms with E-state index in [9.17, 15) is 9.18 Å². The summed E-state index contributed by atoms with van der Waals surface area (Å²) in [7, 11) is 0. The summed E-state index contributed by atoms with van der Waals surface area (Å²) in [6.07, 6.45) is 0. The monoisotopic (exact) mass is 168 g/mol. The second kappa shape index (κ2) is 4.05. The SMILES string of the molecule is O=C(CBr)NC[18F]. The molecule has 7 heavy (non-hydrogen) atoms. The van der Waals surface area contributed by atoms with Gasteiger partial charge in [0.05, 0.1) is 5.33 Å². The van der Waals surface area contributed by atoms with Gasteiger partial charge in [-0.3, -0.25) is 4.79 Å². The summed E-state index contributed by atoms with van der Waals surface area (Å²) in [5.41, 5.74) is 0. The third-order valence-corrected chi connectivity index (χ3v) is 0.895. The Labute approximate surface area is 49.2 Å². The summed E-state index contributed by atoms with van der Waals surface area (Å²) in [6, 6.07) is 0. The van der Waals surface area contributed by atoms with E-state index in [-0.39, 0.29) is 11.2 Å². The lowest BCUT2D eigenvalue weighted by Crippen LogP contribution is -2.22. The highest BCUT2D eigenvalue weighted by molar-refractivity contribution is 9.09. The Morgan fingerprint density at radius 3 is 2.57 bits per heavy atom. The first kappa shape index (κ1) is 6.88. The van der Waals surface area contributed by atoms with Crippen LogP contribution in [0.5, 0.6) is 0 Å². The van der Waals surface area contributed by atoms with E-state index in [1.54, 1.807) is 0 Å². The third-order valence-electron chi connectivity index (χ3n) is 0.385. The standard InChI is InChI=1S/C3H5BrFNO/c4-1-3(7)6-2-5/h1-2H2,(H,6,7)/i5-1. The second-order valence-corrected chi connectivity index (χ2v) is 1.43. The lowest BCUT2D eigenvalue weighted by Gasteiger charge is -1.90. The summed E-state index contributed by atoms with van der Waals surface area (Å²) in [6.45, 7) is -0.787. The van der Waals surface area contributed by atoms with E-state index in [4.69, 9.17) is 0 Å². The molecule has 0 rings (SSSR count). The predicted octanol–water partition coefficient (Wildman–Crippen LogP) is 0.425. The zero-order chi connectivity index (χ0) is 5.70. The minimum atomic E-state index is -0.787. The first-order chi connectivity index (χ1) is 3.31. The van der Waals surface area contributed by atoms with Crippen LogP contribution < -0.4 is 5.32 Å². The number of amides is 1. The topological polar surface area (TPSA) is 29.1 Å². The molecule has 0 aliphatic carbocycles. The van der Waals surface area contributed by atoms with Gasteiger partial charge in [0.1, 0.15) is 0 Å². The summed E-state index contributed by atoms with van der Waals surface area (Å²) in [5, 5.41) is 2.11. The molecule has 0 heterocycles. The van der Waals surface area contributed by atoms with Crippen LogP contribution in [0.3, 0.4) is 0 Å². The zero-order valence-corrected chi connectivity index (χ0v) is 5.16. The molecule has 0 fully saturated rings. The Kier molecular flexibility index (Phi) is 3.98. The molecule has 0 aromatic carbocycles. The maximum Gasteiger partial charge on any atom is 0.232 e. The molecule has 0 spiro atoms. The fourth-order valence-corrected chi connectivity index (χ4v) is 0.320. The number of carbonyl (C=O) groups is 1. The molecular formula is C3H5BrFNO. The maximum atomic E-state index is 11.1. The van der Waals surface area contributed by atoms with Crippen molar-refractivity contribution in [3.63, 3.8) is 0 Å². The molecule has 0 aliphatic rings. The number of halogens is 2. The number of carbonyl (C=O) groups excluding carboxylic acids is 1. The number of hydrogen-bond donors (Lipinski definition) is 1. The second-order valence-electron chi connectivity index (χ2n) is 0.867. The molecule has 0 aromatic rings. The van der Waals surface area contributed by atoms with Gasteiger partial charge in [-0.25, -0.2) is 4.39 Å². The fraction of sp³-hybridized carbons (Fsp3) is 0.667. The first-order valence-corrected chi connectivity index (χ1v) is 2.82. The number of rotatable bonds is 2. The largest absolute Gasteiger partial charge is 0.328 e. The van der Waals surface area contributed by atoms with E-state index in [2.05, 4.69) is 15.9 Å². The molecule has 42 valence electrons. The number of hydrogen-bond acceptors (Lipinski definition) is 1. The lowest BCUT2D eigenvalue weighted by molar-refractivity contribution is -0.118. The molecule has 0 saturated carbocycles. The van der Waals surface area contributed by atoms with Crippen LogP contribution in [0.4, 0.5) is 4.39 Å². The maximum absolute atomic E-state index is 11.1. The van der Waals surface area contributed by atoms with E-state index in [1.807, 2.05) is 5.32 Å². The average Bonchev–Trinajstić information content (AvgIpc) is 1.68. The lowest BCUT2D eigenvalue weighted by atomic mass is 10.7. The highest BCUT2D eigenvalue weighted by Crippen LogP contribution is 1.76. The molecule has 1 amide bonds. The Hall–Kier alpha value is -0.120. The highest BCUT2D eigenvalue weighted by Gasteiger charge is 1.91. The van der Waals surface area contributed by atoms with Crippen LogP contribution in [-0.2, 0) is 4.79 Å². The summed E-state index contributed by atoms with van der Waals surface area (Å²) < 4.78 is 11.1. The highest BCUT2D eigenvalue weighted by atomic mass is 79.9. The van der Waals surface area contributed by atoms with Gasteiger partial charge in [-0.05, 0) is 0 Å². The Bertz CT molecular complexity index is 68.0. The summed E-state index contributed by atoms with van der Waals surface area (Å²) in [5.74, 6) is -0.331. The van der Waals surface area contributed by atoms with Crippen LogP contribution in [0.25, 0.3) is 0 Å². The van der Waals surface area contributed by atoms with Gasteiger partial charge in [-0.2, -0.15) is 0 Å². The van der Waals surface area contributed by atoms with Crippen molar-refractivity contribution in [3.05, 3.63) is 0 Å². The van der Waals surface area contributed by atoms with Gasteiger partial charge in [0.25, 0.3) is 0 Å². The van der Waals surface area contributed by atoms with Crippen LogP contribution in [0, 0.1) is 0 Å². The van der Waals surface area contributed by atoms with E-state index < -0.39 is 6.80 Å². The molecule has 0 bridgehead atoms. The Morgan fingerprint density at radius 1 is 1.86 bits per heavy atom. The number of alkyl halides is 2. The van der Waals surface area contributed by atoms with Gasteiger partial charge in [0, 0.05) is 0 Å². The predicted molar refractivity (Wildman–Crippen MR) is 27.9 cm³/mol. The van der Waals surface area contributed by atoms with Gasteiger partial charge in [0.2, 0.25) is 5.91 Å². The molecule has 0 aliphatic heterocycles. The zero-order valence-electron chi connectivity index (χ0n) is 3.58. The Morgan fingerprint density at radius 2 is 2.43 bits per heavy atom. The molecule has 1 N–H and O–H groups in total. The van der Waals surface area contributed by atoms with Crippen LogP contribution in [0.2, 0.25) is 0 Å². The van der Waals surface area contributed by atoms with E-state index in [0.717, 1.165) is 0 Å². The van der Waals surface area contributed by atoms with Crippen molar-refractivity contribution in [1.82, 2.24) is 5.32 Å². The van der Waals surface area contributed by atoms with Crippen LogP contribution >= 0.6 is 15.9 Å². The van der Waals surface area contributed by atoms with Gasteiger partial charge < -0.3 is 5.32 Å². The average molecular weight is 169 g/mol. The van der Waals surface area contributed by atoms with Crippen molar-refractivity contribution in [2.75, 3.05) is 12.1 Å². The molecule has 4 heteroatoms. The first-order valence-electron chi connectivity index (χ1n) is 1.70. The van der Waals surface area contributed by atoms with Gasteiger partial charge in [-0.1, -0.05) is 15.9 Å². The van der Waals surface area contributed by atoms with E-state index in [0.29, 0.717) is 0 Å². The van der Waals surface area contributed by atoms with Crippen molar-refractivity contribution in [2.45, 2.75) is 0 Å². The van der Waals surface area contributed by atoms with Crippen molar-refractivity contribution in [1.29, 1.82) is 0 Å². The van der Waals surface area contributed by atoms with E-state index >= 15 is 0 Å². The van der Waals surface area contributed by atoms with Gasteiger partial charge in [0.15, 0.2) is 6.80 Å². The number of nitrogens with one attached hydrogen (secondary N) is 1. The fourth-order valence-electron chi connectivity index (χ4n) is 0.122. The van der Waals surface area contributed by atoms with Crippen molar-refractivity contribution < 1.29 is 9.18 Å². The van der Waals surface area contributed by atoms with Gasteiger partial charge >= 0.3 is 0 Å². The molecule has 2 nitrogen and oxygen atoms in total. The quantitative estimate of drug-likeness (QED) is 0.471. The minimum Gasteiger partial charge on any atom is -0.328 e. The molecular weight excluding hydrogens is 164 g/mol. The van der Waals surface area contributed by atoms with Crippen molar-refractivity contribution in [2.24, 2.45) is 0 Å². The molecule has 0 atom stereocenters. The molecule has 0 unspecified atom stereocenters. The molecule has 0 aromatic heterocycles. The van der Waals surface area contributed by atoms with Crippen molar-refractivity contribution in [3.8, 4) is 0 Å². The van der Waals surface area contributed by atoms with Crippen LogP contribution in [0.1, 0.15) is 0 Å².